The van der Waals surface area contributed by atoms with E-state index in [4.69, 9.17) is 0 Å². The molecular weight excluding hydrogens is 176 g/mol. The van der Waals surface area contributed by atoms with Crippen LogP contribution in [0.25, 0.3) is 0 Å². The fraction of sp³-hybridized carbons (Fsp3) is 1.00. The van der Waals surface area contributed by atoms with Crippen molar-refractivity contribution in [3.63, 3.8) is 0 Å². The lowest BCUT2D eigenvalue weighted by Gasteiger charge is -2.38. The van der Waals surface area contributed by atoms with Crippen LogP contribution in [-0.4, -0.2) is 23.0 Å². The predicted octanol–water partition coefficient (Wildman–Crippen LogP) is 4.43. The molecule has 0 aromatic heterocycles. The van der Waals surface area contributed by atoms with Crippen molar-refractivity contribution in [3.8, 4) is 0 Å². The highest BCUT2D eigenvalue weighted by Gasteiger charge is 2.17. The zero-order valence-electron chi connectivity index (χ0n) is 10.1. The molecule has 0 saturated heterocycles. The first kappa shape index (κ1) is 13.4. The Morgan fingerprint density at radius 1 is 0.692 bits per heavy atom. The highest BCUT2D eigenvalue weighted by molar-refractivity contribution is 8.33. The van der Waals surface area contributed by atoms with Gasteiger partial charge in [0.1, 0.15) is 0 Å². The molecule has 0 N–H and O–H groups in total. The van der Waals surface area contributed by atoms with E-state index in [1.54, 1.807) is 0 Å². The van der Waals surface area contributed by atoms with Crippen molar-refractivity contribution >= 4 is 10.0 Å². The summed E-state index contributed by atoms with van der Waals surface area (Å²) in [6.07, 6.45) is 5.67. The van der Waals surface area contributed by atoms with Crippen molar-refractivity contribution in [2.45, 2.75) is 53.4 Å². The maximum Gasteiger partial charge on any atom is -0.0228 e. The molecule has 82 valence electrons. The molecule has 0 amide bonds. The second-order valence-electron chi connectivity index (χ2n) is 3.92. The van der Waals surface area contributed by atoms with Crippen molar-refractivity contribution in [2.24, 2.45) is 0 Å². The average Bonchev–Trinajstić information content (AvgIpc) is 2.20. The Morgan fingerprint density at radius 2 is 1.08 bits per heavy atom. The van der Waals surface area contributed by atoms with E-state index in [1.807, 2.05) is 0 Å². The molecule has 0 rings (SSSR count). The molecule has 13 heavy (non-hydrogen) atoms. The molecule has 0 nitrogen and oxygen atoms in total. The standard InChI is InChI=1S/C12H28S/c1-5-9-11-13(7-3,8-4)12-10-6-2/h5-12H2,1-4H3. The first-order valence-corrected chi connectivity index (χ1v) is 8.29. The minimum atomic E-state index is -0.197. The molecule has 0 fully saturated rings. The lowest BCUT2D eigenvalue weighted by molar-refractivity contribution is 0.865. The lowest BCUT2D eigenvalue weighted by Crippen LogP contribution is -2.14. The number of rotatable bonds is 8. The lowest BCUT2D eigenvalue weighted by atomic mass is 10.4. The van der Waals surface area contributed by atoms with E-state index >= 15 is 0 Å². The Kier molecular flexibility index (Phi) is 7.93. The average molecular weight is 204 g/mol. The molecule has 0 aliphatic carbocycles. The van der Waals surface area contributed by atoms with Gasteiger partial charge in [-0.1, -0.05) is 40.5 Å². The Morgan fingerprint density at radius 3 is 1.31 bits per heavy atom. The molecule has 0 aliphatic heterocycles. The summed E-state index contributed by atoms with van der Waals surface area (Å²) in [4.78, 5) is 0. The maximum absolute atomic E-state index is 2.41. The smallest absolute Gasteiger partial charge is 0.0228 e. The van der Waals surface area contributed by atoms with Crippen LogP contribution >= 0.6 is 10.0 Å². The molecule has 1 heteroatoms. The fourth-order valence-electron chi connectivity index (χ4n) is 1.78. The molecule has 0 aromatic rings. The molecule has 0 bridgehead atoms. The molecule has 0 aromatic carbocycles. The summed E-state index contributed by atoms with van der Waals surface area (Å²) in [5.41, 5.74) is 0. The summed E-state index contributed by atoms with van der Waals surface area (Å²) in [5.74, 6) is 6.00. The van der Waals surface area contributed by atoms with E-state index in [2.05, 4.69) is 27.7 Å². The van der Waals surface area contributed by atoms with Gasteiger partial charge >= 0.3 is 0 Å². The molecular formula is C12H28S. The topological polar surface area (TPSA) is 0 Å². The van der Waals surface area contributed by atoms with Crippen molar-refractivity contribution in [1.29, 1.82) is 0 Å². The normalized spacial score (nSPS) is 13.2. The van der Waals surface area contributed by atoms with Crippen LogP contribution in [0.15, 0.2) is 0 Å². The minimum Gasteiger partial charge on any atom is -0.241 e. The van der Waals surface area contributed by atoms with E-state index in [0.29, 0.717) is 0 Å². The zero-order valence-corrected chi connectivity index (χ0v) is 10.9. The third-order valence-corrected chi connectivity index (χ3v) is 7.85. The van der Waals surface area contributed by atoms with Gasteiger partial charge in [-0.25, -0.2) is 10.0 Å². The molecule has 0 unspecified atom stereocenters. The largest absolute Gasteiger partial charge is 0.241 e. The van der Waals surface area contributed by atoms with Crippen molar-refractivity contribution in [2.75, 3.05) is 23.0 Å². The maximum atomic E-state index is 2.41. The Labute approximate surface area is 86.8 Å². The van der Waals surface area contributed by atoms with E-state index in [1.165, 1.54) is 48.7 Å². The number of hydrogen-bond acceptors (Lipinski definition) is 0. The van der Waals surface area contributed by atoms with Gasteiger partial charge in [0.05, 0.1) is 0 Å². The van der Waals surface area contributed by atoms with Gasteiger partial charge in [0.2, 0.25) is 0 Å². The van der Waals surface area contributed by atoms with Crippen LogP contribution in [0.4, 0.5) is 0 Å². The van der Waals surface area contributed by atoms with Crippen LogP contribution in [0, 0.1) is 0 Å². The van der Waals surface area contributed by atoms with Gasteiger partial charge in [-0.15, -0.1) is 0 Å². The van der Waals surface area contributed by atoms with Gasteiger partial charge < -0.3 is 0 Å². The van der Waals surface area contributed by atoms with Gasteiger partial charge in [0.25, 0.3) is 0 Å². The van der Waals surface area contributed by atoms with E-state index < -0.39 is 0 Å². The Balaban J connectivity index is 3.97. The Hall–Kier alpha value is 0.350. The van der Waals surface area contributed by atoms with Crippen LogP contribution in [0.5, 0.6) is 0 Å². The van der Waals surface area contributed by atoms with Gasteiger partial charge in [0.15, 0.2) is 0 Å². The van der Waals surface area contributed by atoms with Crippen LogP contribution in [0.3, 0.4) is 0 Å². The predicted molar refractivity (Wildman–Crippen MR) is 68.2 cm³/mol. The molecule has 0 aliphatic rings. The van der Waals surface area contributed by atoms with Crippen LogP contribution in [0.2, 0.25) is 0 Å². The Bertz CT molecular complexity index is 95.7. The van der Waals surface area contributed by atoms with Crippen LogP contribution in [-0.2, 0) is 0 Å². The number of unbranched alkanes of at least 4 members (excludes halogenated alkanes) is 2. The summed E-state index contributed by atoms with van der Waals surface area (Å²) in [7, 11) is -0.197. The fourth-order valence-corrected chi connectivity index (χ4v) is 5.35. The molecule has 0 saturated carbocycles. The van der Waals surface area contributed by atoms with Crippen LogP contribution in [0.1, 0.15) is 53.4 Å². The first-order valence-electron chi connectivity index (χ1n) is 5.98. The summed E-state index contributed by atoms with van der Waals surface area (Å²) in [6.45, 7) is 9.44. The SMILES string of the molecule is CCCCS(CC)(CC)CCCC. The summed E-state index contributed by atoms with van der Waals surface area (Å²) >= 11 is 0. The quantitative estimate of drug-likeness (QED) is 0.548. The van der Waals surface area contributed by atoms with E-state index in [-0.39, 0.29) is 10.0 Å². The zero-order chi connectivity index (χ0) is 10.2. The second kappa shape index (κ2) is 7.73. The summed E-state index contributed by atoms with van der Waals surface area (Å²) < 4.78 is 0. The molecule has 0 atom stereocenters. The van der Waals surface area contributed by atoms with Gasteiger partial charge in [-0.05, 0) is 35.9 Å². The summed E-state index contributed by atoms with van der Waals surface area (Å²) in [6, 6.07) is 0. The third kappa shape index (κ3) is 4.95. The highest BCUT2D eigenvalue weighted by Crippen LogP contribution is 2.48. The van der Waals surface area contributed by atoms with Crippen molar-refractivity contribution in [1.82, 2.24) is 0 Å². The third-order valence-electron chi connectivity index (χ3n) is 3.09. The van der Waals surface area contributed by atoms with Crippen molar-refractivity contribution < 1.29 is 0 Å². The molecule has 0 heterocycles. The van der Waals surface area contributed by atoms with E-state index in [9.17, 15) is 0 Å². The van der Waals surface area contributed by atoms with Gasteiger partial charge in [-0.3, -0.25) is 0 Å². The molecule has 0 radical (unpaired) electrons. The minimum absolute atomic E-state index is 0.197. The van der Waals surface area contributed by atoms with Crippen LogP contribution < -0.4 is 0 Å². The van der Waals surface area contributed by atoms with Gasteiger partial charge in [0, 0.05) is 0 Å². The summed E-state index contributed by atoms with van der Waals surface area (Å²) in [5, 5.41) is 0. The number of hydrogen-bond donors (Lipinski definition) is 0. The van der Waals surface area contributed by atoms with Gasteiger partial charge in [-0.2, -0.15) is 0 Å². The monoisotopic (exact) mass is 204 g/mol. The van der Waals surface area contributed by atoms with E-state index in [0.717, 1.165) is 0 Å². The highest BCUT2D eigenvalue weighted by atomic mass is 32.3. The second-order valence-corrected chi connectivity index (χ2v) is 8.34. The first-order chi connectivity index (χ1) is 6.24. The molecule has 0 spiro atoms. The van der Waals surface area contributed by atoms with Crippen molar-refractivity contribution in [3.05, 3.63) is 0 Å².